The van der Waals surface area contributed by atoms with Gasteiger partial charge < -0.3 is 15.0 Å². The van der Waals surface area contributed by atoms with Gasteiger partial charge in [-0.2, -0.15) is 0 Å². The third kappa shape index (κ3) is 4.51. The zero-order valence-corrected chi connectivity index (χ0v) is 14.1. The van der Waals surface area contributed by atoms with Gasteiger partial charge in [-0.15, -0.1) is 0 Å². The molecule has 1 saturated heterocycles. The van der Waals surface area contributed by atoms with Crippen molar-refractivity contribution in [3.8, 4) is 0 Å². The van der Waals surface area contributed by atoms with Crippen LogP contribution in [-0.4, -0.2) is 47.2 Å². The fraction of sp³-hybridized carbons (Fsp3) is 0.400. The first kappa shape index (κ1) is 17.4. The molecule has 1 aromatic carbocycles. The minimum absolute atomic E-state index is 0.0287. The molecule has 1 aliphatic heterocycles. The van der Waals surface area contributed by atoms with Gasteiger partial charge in [0.05, 0.1) is 17.4 Å². The van der Waals surface area contributed by atoms with Crippen molar-refractivity contribution in [1.82, 2.24) is 4.90 Å². The number of ketones is 1. The van der Waals surface area contributed by atoms with Crippen LogP contribution in [0.1, 0.15) is 23.7 Å². The van der Waals surface area contributed by atoms with E-state index in [9.17, 15) is 18.8 Å². The number of anilines is 1. The van der Waals surface area contributed by atoms with Gasteiger partial charge in [-0.3, -0.25) is 9.59 Å². The van der Waals surface area contributed by atoms with Crippen LogP contribution >= 0.6 is 15.9 Å². The topological polar surface area (TPSA) is 75.7 Å². The van der Waals surface area contributed by atoms with Gasteiger partial charge in [0.1, 0.15) is 11.9 Å². The predicted molar refractivity (Wildman–Crippen MR) is 85.3 cm³/mol. The molecule has 0 radical (unpaired) electrons. The monoisotopic (exact) mass is 386 g/mol. The molecule has 0 saturated carbocycles. The number of halogens is 2. The van der Waals surface area contributed by atoms with Crippen molar-refractivity contribution in [3.63, 3.8) is 0 Å². The number of rotatable bonds is 4. The van der Waals surface area contributed by atoms with E-state index in [2.05, 4.69) is 21.2 Å². The standard InChI is InChI=1S/C15H16BrFN2O4/c1-9(20)23-11-4-5-19(8-11)15(22)18-10-2-3-12(13(17)6-10)14(21)7-16/h2-3,6,11H,4-5,7-8H2,1H3,(H,18,22)/t11-/m1/s1. The highest BCUT2D eigenvalue weighted by atomic mass is 79.9. The molecule has 1 atom stereocenters. The van der Waals surface area contributed by atoms with Crippen molar-refractivity contribution in [2.24, 2.45) is 0 Å². The van der Waals surface area contributed by atoms with Crippen LogP contribution in [0.3, 0.4) is 0 Å². The van der Waals surface area contributed by atoms with Gasteiger partial charge in [0.25, 0.3) is 0 Å². The summed E-state index contributed by atoms with van der Waals surface area (Å²) in [5.74, 6) is -1.44. The number of benzene rings is 1. The second-order valence-corrected chi connectivity index (χ2v) is 5.71. The number of hydrogen-bond donors (Lipinski definition) is 1. The minimum Gasteiger partial charge on any atom is -0.461 e. The van der Waals surface area contributed by atoms with Crippen molar-refractivity contribution in [1.29, 1.82) is 0 Å². The van der Waals surface area contributed by atoms with Crippen molar-refractivity contribution in [2.75, 3.05) is 23.7 Å². The summed E-state index contributed by atoms with van der Waals surface area (Å²) in [5, 5.41) is 2.59. The number of hydrogen-bond acceptors (Lipinski definition) is 4. The smallest absolute Gasteiger partial charge is 0.321 e. The van der Waals surface area contributed by atoms with E-state index in [4.69, 9.17) is 4.74 Å². The molecule has 23 heavy (non-hydrogen) atoms. The molecule has 1 heterocycles. The Morgan fingerprint density at radius 2 is 2.17 bits per heavy atom. The first-order valence-electron chi connectivity index (χ1n) is 7.02. The molecule has 0 bridgehead atoms. The number of carbonyl (C=O) groups excluding carboxylic acids is 3. The molecule has 1 aromatic rings. The number of nitrogens with zero attached hydrogens (tertiary/aromatic N) is 1. The number of likely N-dealkylation sites (tertiary alicyclic amines) is 1. The van der Waals surface area contributed by atoms with Gasteiger partial charge in [0.15, 0.2) is 5.78 Å². The van der Waals surface area contributed by atoms with E-state index < -0.39 is 11.8 Å². The van der Waals surface area contributed by atoms with Gasteiger partial charge in [-0.05, 0) is 18.2 Å². The number of amides is 2. The Balaban J connectivity index is 1.97. The molecule has 2 rings (SSSR count). The zero-order valence-electron chi connectivity index (χ0n) is 12.5. The molecule has 1 aliphatic rings. The number of nitrogens with one attached hydrogen (secondary N) is 1. The summed E-state index contributed by atoms with van der Waals surface area (Å²) in [5.41, 5.74) is 0.227. The van der Waals surface area contributed by atoms with Gasteiger partial charge in [0.2, 0.25) is 0 Å². The van der Waals surface area contributed by atoms with Gasteiger partial charge in [-0.1, -0.05) is 15.9 Å². The van der Waals surface area contributed by atoms with E-state index >= 15 is 0 Å². The lowest BCUT2D eigenvalue weighted by Gasteiger charge is -2.17. The van der Waals surface area contributed by atoms with Crippen molar-refractivity contribution in [3.05, 3.63) is 29.6 Å². The Kier molecular flexibility index (Phi) is 5.70. The summed E-state index contributed by atoms with van der Waals surface area (Å²) in [6.07, 6.45) is 0.258. The Hall–Kier alpha value is -1.96. The van der Waals surface area contributed by atoms with Gasteiger partial charge in [-0.25, -0.2) is 9.18 Å². The summed E-state index contributed by atoms with van der Waals surface area (Å²) in [7, 11) is 0. The number of alkyl halides is 1. The normalized spacial score (nSPS) is 17.0. The fourth-order valence-corrected chi connectivity index (χ4v) is 2.64. The van der Waals surface area contributed by atoms with Crippen molar-refractivity contribution in [2.45, 2.75) is 19.4 Å². The molecule has 0 spiro atoms. The zero-order chi connectivity index (χ0) is 17.0. The van der Waals surface area contributed by atoms with Crippen LogP contribution in [-0.2, 0) is 9.53 Å². The Morgan fingerprint density at radius 1 is 1.43 bits per heavy atom. The van der Waals surface area contributed by atoms with Crippen LogP contribution in [0, 0.1) is 5.82 Å². The Labute approximate surface area is 141 Å². The summed E-state index contributed by atoms with van der Waals surface area (Å²) in [6.45, 7) is 2.07. The maximum Gasteiger partial charge on any atom is 0.321 e. The first-order valence-corrected chi connectivity index (χ1v) is 8.14. The quantitative estimate of drug-likeness (QED) is 0.490. The molecule has 8 heteroatoms. The van der Waals surface area contributed by atoms with E-state index in [1.165, 1.54) is 24.0 Å². The van der Waals surface area contributed by atoms with Crippen LogP contribution in [0.2, 0.25) is 0 Å². The highest BCUT2D eigenvalue weighted by Gasteiger charge is 2.28. The molecule has 1 N–H and O–H groups in total. The van der Waals surface area contributed by atoms with Crippen molar-refractivity contribution < 1.29 is 23.5 Å². The average molecular weight is 387 g/mol. The SMILES string of the molecule is CC(=O)O[C@@H]1CCN(C(=O)Nc2ccc(C(=O)CBr)c(F)c2)C1. The minimum atomic E-state index is -0.688. The van der Waals surface area contributed by atoms with E-state index in [0.29, 0.717) is 19.5 Å². The van der Waals surface area contributed by atoms with Gasteiger partial charge in [0, 0.05) is 25.6 Å². The number of esters is 1. The van der Waals surface area contributed by atoms with Crippen molar-refractivity contribution >= 4 is 39.4 Å². The largest absolute Gasteiger partial charge is 0.461 e. The van der Waals surface area contributed by atoms with E-state index in [1.54, 1.807) is 0 Å². The maximum absolute atomic E-state index is 13.9. The van der Waals surface area contributed by atoms with E-state index in [-0.39, 0.29) is 34.4 Å². The number of ether oxygens (including phenoxy) is 1. The first-order chi connectivity index (χ1) is 10.9. The Morgan fingerprint density at radius 3 is 2.78 bits per heavy atom. The second kappa shape index (κ2) is 7.54. The number of Topliss-reactive ketones (excluding diaryl/α,β-unsaturated/α-hetero) is 1. The highest BCUT2D eigenvalue weighted by Crippen LogP contribution is 2.18. The van der Waals surface area contributed by atoms with E-state index in [0.717, 1.165) is 6.07 Å². The molecule has 0 aliphatic carbocycles. The van der Waals surface area contributed by atoms with Crippen LogP contribution < -0.4 is 5.32 Å². The predicted octanol–water partition coefficient (Wildman–Crippen LogP) is 2.57. The average Bonchev–Trinajstić information content (AvgIpc) is 2.94. The molecular weight excluding hydrogens is 371 g/mol. The highest BCUT2D eigenvalue weighted by molar-refractivity contribution is 9.09. The van der Waals surface area contributed by atoms with Crippen LogP contribution in [0.4, 0.5) is 14.9 Å². The fourth-order valence-electron chi connectivity index (χ4n) is 2.34. The summed E-state index contributed by atoms with van der Waals surface area (Å²) in [4.78, 5) is 36.0. The number of carbonyl (C=O) groups is 3. The Bertz CT molecular complexity index is 638. The lowest BCUT2D eigenvalue weighted by Crippen LogP contribution is -2.34. The third-order valence-electron chi connectivity index (χ3n) is 3.41. The van der Waals surface area contributed by atoms with Crippen LogP contribution in [0.25, 0.3) is 0 Å². The van der Waals surface area contributed by atoms with Gasteiger partial charge >= 0.3 is 12.0 Å². The number of urea groups is 1. The third-order valence-corrected chi connectivity index (χ3v) is 3.92. The molecule has 124 valence electrons. The second-order valence-electron chi connectivity index (χ2n) is 5.15. The lowest BCUT2D eigenvalue weighted by atomic mass is 10.1. The molecule has 0 unspecified atom stereocenters. The molecule has 1 fully saturated rings. The van der Waals surface area contributed by atoms with Crippen LogP contribution in [0.5, 0.6) is 0 Å². The summed E-state index contributed by atoms with van der Waals surface area (Å²) in [6, 6.07) is 3.50. The van der Waals surface area contributed by atoms with Crippen LogP contribution in [0.15, 0.2) is 18.2 Å². The maximum atomic E-state index is 13.9. The molecular formula is C15H16BrFN2O4. The molecule has 6 nitrogen and oxygen atoms in total. The summed E-state index contributed by atoms with van der Waals surface area (Å²) < 4.78 is 18.9. The molecule has 2 amide bonds. The summed E-state index contributed by atoms with van der Waals surface area (Å²) >= 11 is 2.98. The van der Waals surface area contributed by atoms with E-state index in [1.807, 2.05) is 0 Å². The molecule has 0 aromatic heterocycles. The lowest BCUT2D eigenvalue weighted by molar-refractivity contribution is -0.145.